The molecule has 9 heteroatoms. The summed E-state index contributed by atoms with van der Waals surface area (Å²) in [5, 5.41) is 2.33. The van der Waals surface area contributed by atoms with Crippen LogP contribution in [0.1, 0.15) is 17.3 Å². The normalized spacial score (nSPS) is 11.6. The molecule has 0 aliphatic heterocycles. The van der Waals surface area contributed by atoms with Crippen LogP contribution >= 0.6 is 0 Å². The second kappa shape index (κ2) is 8.93. The molecule has 0 radical (unpaired) electrons. The van der Waals surface area contributed by atoms with Gasteiger partial charge in [0.15, 0.2) is 17.7 Å². The van der Waals surface area contributed by atoms with Gasteiger partial charge in [-0.2, -0.15) is 8.78 Å². The van der Waals surface area contributed by atoms with Gasteiger partial charge in [0.05, 0.1) is 18.4 Å². The zero-order chi connectivity index (χ0) is 20.0. The number of methoxy groups -OCH3 is 1. The minimum absolute atomic E-state index is 0.0128. The molecule has 0 fully saturated rings. The van der Waals surface area contributed by atoms with Crippen molar-refractivity contribution in [3.05, 3.63) is 53.8 Å². The molecule has 2 aromatic rings. The largest absolute Gasteiger partial charge is 0.494 e. The highest BCUT2D eigenvalue weighted by Crippen LogP contribution is 2.26. The van der Waals surface area contributed by atoms with Crippen molar-refractivity contribution in [1.29, 1.82) is 0 Å². The van der Waals surface area contributed by atoms with E-state index >= 15 is 0 Å². The number of ether oxygens (including phenoxy) is 3. The second-order valence-corrected chi connectivity index (χ2v) is 5.26. The molecule has 0 spiro atoms. The summed E-state index contributed by atoms with van der Waals surface area (Å²) in [6, 6.07) is 8.99. The minimum atomic E-state index is -3.07. The number of hydrogen-bond acceptors (Lipinski definition) is 5. The van der Waals surface area contributed by atoms with E-state index in [9.17, 15) is 22.8 Å². The maximum Gasteiger partial charge on any atom is 0.387 e. The van der Waals surface area contributed by atoms with Crippen LogP contribution in [0.2, 0.25) is 0 Å². The highest BCUT2D eigenvalue weighted by molar-refractivity contribution is 5.98. The molecule has 2 rings (SSSR count). The molecule has 144 valence electrons. The zero-order valence-corrected chi connectivity index (χ0v) is 14.4. The summed E-state index contributed by atoms with van der Waals surface area (Å²) in [7, 11) is 1.28. The standard InChI is InChI=1S/C18H16F3NO5/c1-10(26-17(24)11-7-8-14(25-2)12(19)9-11)16(23)22-13-5-3-4-6-15(13)27-18(20)21/h3-10,18H,1-2H3,(H,22,23)/t10-/m1/s1. The molecule has 27 heavy (non-hydrogen) atoms. The molecular weight excluding hydrogens is 367 g/mol. The van der Waals surface area contributed by atoms with E-state index in [0.717, 1.165) is 6.07 Å². The molecular formula is C18H16F3NO5. The maximum absolute atomic E-state index is 13.7. The lowest BCUT2D eigenvalue weighted by molar-refractivity contribution is -0.123. The molecule has 0 heterocycles. The van der Waals surface area contributed by atoms with Crippen molar-refractivity contribution in [2.24, 2.45) is 0 Å². The lowest BCUT2D eigenvalue weighted by atomic mass is 10.2. The Morgan fingerprint density at radius 1 is 1.07 bits per heavy atom. The van der Waals surface area contributed by atoms with E-state index in [1.165, 1.54) is 50.4 Å². The van der Waals surface area contributed by atoms with Crippen molar-refractivity contribution in [3.63, 3.8) is 0 Å². The van der Waals surface area contributed by atoms with Crippen LogP contribution in [0.15, 0.2) is 42.5 Å². The third-order valence-electron chi connectivity index (χ3n) is 3.40. The first-order chi connectivity index (χ1) is 12.8. The molecule has 0 unspecified atom stereocenters. The molecule has 0 aliphatic rings. The SMILES string of the molecule is COc1ccc(C(=O)O[C@H](C)C(=O)Nc2ccccc2OC(F)F)cc1F. The van der Waals surface area contributed by atoms with Crippen molar-refractivity contribution in [2.45, 2.75) is 19.6 Å². The van der Waals surface area contributed by atoms with E-state index in [-0.39, 0.29) is 22.7 Å². The van der Waals surface area contributed by atoms with Crippen molar-refractivity contribution < 1.29 is 37.0 Å². The van der Waals surface area contributed by atoms with Gasteiger partial charge in [0.25, 0.3) is 5.91 Å². The van der Waals surface area contributed by atoms with Crippen LogP contribution in [-0.4, -0.2) is 31.7 Å². The van der Waals surface area contributed by atoms with Gasteiger partial charge in [-0.1, -0.05) is 12.1 Å². The Kier molecular flexibility index (Phi) is 6.64. The Hall–Kier alpha value is -3.23. The minimum Gasteiger partial charge on any atom is -0.494 e. The smallest absolute Gasteiger partial charge is 0.387 e. The molecule has 0 aliphatic carbocycles. The van der Waals surface area contributed by atoms with Crippen LogP contribution in [0.4, 0.5) is 18.9 Å². The van der Waals surface area contributed by atoms with Crippen LogP contribution in [-0.2, 0) is 9.53 Å². The van der Waals surface area contributed by atoms with Crippen molar-refractivity contribution in [3.8, 4) is 11.5 Å². The molecule has 1 amide bonds. The van der Waals surface area contributed by atoms with Gasteiger partial charge in [0, 0.05) is 0 Å². The van der Waals surface area contributed by atoms with E-state index in [0.29, 0.717) is 0 Å². The number of para-hydroxylation sites is 2. The van der Waals surface area contributed by atoms with Crippen LogP contribution in [0, 0.1) is 5.82 Å². The second-order valence-electron chi connectivity index (χ2n) is 5.26. The monoisotopic (exact) mass is 383 g/mol. The van der Waals surface area contributed by atoms with E-state index in [1.807, 2.05) is 0 Å². The molecule has 0 saturated carbocycles. The predicted molar refractivity (Wildman–Crippen MR) is 89.5 cm³/mol. The quantitative estimate of drug-likeness (QED) is 0.740. The Bertz CT molecular complexity index is 828. The fourth-order valence-electron chi connectivity index (χ4n) is 2.08. The Morgan fingerprint density at radius 3 is 2.41 bits per heavy atom. The highest BCUT2D eigenvalue weighted by atomic mass is 19.3. The Balaban J connectivity index is 2.03. The third kappa shape index (κ3) is 5.37. The summed E-state index contributed by atoms with van der Waals surface area (Å²) in [4.78, 5) is 24.2. The Labute approximate surface area is 152 Å². The van der Waals surface area contributed by atoms with Crippen molar-refractivity contribution in [2.75, 3.05) is 12.4 Å². The number of esters is 1. The van der Waals surface area contributed by atoms with Crippen LogP contribution in [0.25, 0.3) is 0 Å². The maximum atomic E-state index is 13.7. The number of carbonyl (C=O) groups excluding carboxylic acids is 2. The van der Waals surface area contributed by atoms with Crippen molar-refractivity contribution in [1.82, 2.24) is 0 Å². The topological polar surface area (TPSA) is 73.9 Å². The van der Waals surface area contributed by atoms with E-state index in [4.69, 9.17) is 9.47 Å². The van der Waals surface area contributed by atoms with Crippen LogP contribution < -0.4 is 14.8 Å². The molecule has 6 nitrogen and oxygen atoms in total. The van der Waals surface area contributed by atoms with Gasteiger partial charge >= 0.3 is 12.6 Å². The molecule has 2 aromatic carbocycles. The predicted octanol–water partition coefficient (Wildman–Crippen LogP) is 3.62. The first-order valence-corrected chi connectivity index (χ1v) is 7.71. The molecule has 1 N–H and O–H groups in total. The lowest BCUT2D eigenvalue weighted by Crippen LogP contribution is -2.30. The number of rotatable bonds is 7. The van der Waals surface area contributed by atoms with Gasteiger partial charge in [0.2, 0.25) is 0 Å². The van der Waals surface area contributed by atoms with Gasteiger partial charge < -0.3 is 19.5 Å². The first kappa shape index (κ1) is 20.1. The zero-order valence-electron chi connectivity index (χ0n) is 14.4. The summed E-state index contributed by atoms with van der Waals surface area (Å²) in [6.07, 6.45) is -1.28. The molecule has 0 saturated heterocycles. The van der Waals surface area contributed by atoms with E-state index < -0.39 is 30.4 Å². The molecule has 0 aromatic heterocycles. The third-order valence-corrected chi connectivity index (χ3v) is 3.40. The van der Waals surface area contributed by atoms with Crippen LogP contribution in [0.3, 0.4) is 0 Å². The van der Waals surface area contributed by atoms with E-state index in [2.05, 4.69) is 10.1 Å². The van der Waals surface area contributed by atoms with Crippen molar-refractivity contribution >= 4 is 17.6 Å². The molecule has 1 atom stereocenters. The number of hydrogen-bond donors (Lipinski definition) is 1. The summed E-state index contributed by atoms with van der Waals surface area (Å²) < 4.78 is 52.5. The number of carbonyl (C=O) groups is 2. The fourth-order valence-corrected chi connectivity index (χ4v) is 2.08. The fraction of sp³-hybridized carbons (Fsp3) is 0.222. The summed E-state index contributed by atoms with van der Waals surface area (Å²) in [6.45, 7) is -1.78. The average molecular weight is 383 g/mol. The van der Waals surface area contributed by atoms with Gasteiger partial charge in [-0.15, -0.1) is 0 Å². The van der Waals surface area contributed by atoms with Gasteiger partial charge in [-0.25, -0.2) is 9.18 Å². The number of anilines is 1. The van der Waals surface area contributed by atoms with Crippen LogP contribution in [0.5, 0.6) is 11.5 Å². The number of nitrogens with one attached hydrogen (secondary N) is 1. The van der Waals surface area contributed by atoms with Gasteiger partial charge in [-0.3, -0.25) is 4.79 Å². The summed E-state index contributed by atoms with van der Waals surface area (Å²) >= 11 is 0. The van der Waals surface area contributed by atoms with E-state index in [1.54, 1.807) is 0 Å². The van der Waals surface area contributed by atoms with Gasteiger partial charge in [0.1, 0.15) is 5.75 Å². The lowest BCUT2D eigenvalue weighted by Gasteiger charge is -2.16. The number of benzene rings is 2. The summed E-state index contributed by atoms with van der Waals surface area (Å²) in [5.41, 5.74) is -0.129. The Morgan fingerprint density at radius 2 is 1.78 bits per heavy atom. The highest BCUT2D eigenvalue weighted by Gasteiger charge is 2.21. The number of alkyl halides is 2. The summed E-state index contributed by atoms with van der Waals surface area (Å²) in [5.74, 6) is -2.76. The number of halogens is 3. The first-order valence-electron chi connectivity index (χ1n) is 7.71. The van der Waals surface area contributed by atoms with Gasteiger partial charge in [-0.05, 0) is 37.3 Å². The molecule has 0 bridgehead atoms. The number of amides is 1. The average Bonchev–Trinajstić information content (AvgIpc) is 2.62.